The summed E-state index contributed by atoms with van der Waals surface area (Å²) in [7, 11) is -3.32. The van der Waals surface area contributed by atoms with Crippen molar-refractivity contribution < 1.29 is 8.42 Å². The van der Waals surface area contributed by atoms with Gasteiger partial charge in [0.1, 0.15) is 0 Å². The van der Waals surface area contributed by atoms with Gasteiger partial charge in [0.2, 0.25) is 10.0 Å². The molecule has 70 valence electrons. The summed E-state index contributed by atoms with van der Waals surface area (Å²) < 4.78 is 22.1. The Morgan fingerprint density at radius 1 is 1.50 bits per heavy atom. The van der Waals surface area contributed by atoms with Crippen molar-refractivity contribution >= 4 is 10.0 Å². The Morgan fingerprint density at radius 2 is 2.17 bits per heavy atom. The van der Waals surface area contributed by atoms with E-state index >= 15 is 0 Å². The van der Waals surface area contributed by atoms with Gasteiger partial charge in [-0.25, -0.2) is 13.6 Å². The Kier molecular flexibility index (Phi) is 2.90. The van der Waals surface area contributed by atoms with Crippen LogP contribution in [0.3, 0.4) is 0 Å². The molecule has 0 aliphatic heterocycles. The lowest BCUT2D eigenvalue weighted by atomic mass is 10.0. The summed E-state index contributed by atoms with van der Waals surface area (Å²) >= 11 is 0. The van der Waals surface area contributed by atoms with Crippen molar-refractivity contribution in [3.05, 3.63) is 12.7 Å². The van der Waals surface area contributed by atoms with Gasteiger partial charge in [-0.05, 0) is 25.2 Å². The molecule has 2 N–H and O–H groups in total. The van der Waals surface area contributed by atoms with Crippen LogP contribution in [0.2, 0.25) is 0 Å². The van der Waals surface area contributed by atoms with Crippen molar-refractivity contribution in [1.29, 1.82) is 0 Å². The van der Waals surface area contributed by atoms with Crippen molar-refractivity contribution in [2.75, 3.05) is 0 Å². The van der Waals surface area contributed by atoms with E-state index in [0.29, 0.717) is 0 Å². The van der Waals surface area contributed by atoms with Crippen molar-refractivity contribution in [3.63, 3.8) is 0 Å². The molecular weight excluding hydrogens is 174 g/mol. The minimum absolute atomic E-state index is 0.206. The average molecular weight is 189 g/mol. The third-order valence-corrected chi connectivity index (χ3v) is 3.95. The largest absolute Gasteiger partial charge is 0.228 e. The van der Waals surface area contributed by atoms with E-state index < -0.39 is 10.0 Å². The molecule has 0 aromatic rings. The highest BCUT2D eigenvalue weighted by Gasteiger charge is 2.34. The first-order chi connectivity index (χ1) is 5.55. The number of sulfonamides is 1. The molecule has 1 aliphatic rings. The van der Waals surface area contributed by atoms with Crippen LogP contribution in [0.4, 0.5) is 0 Å². The number of rotatable bonds is 3. The molecule has 12 heavy (non-hydrogen) atoms. The van der Waals surface area contributed by atoms with Gasteiger partial charge in [-0.1, -0.05) is 12.5 Å². The van der Waals surface area contributed by atoms with Crippen LogP contribution in [0.15, 0.2) is 12.7 Å². The molecule has 0 unspecified atom stereocenters. The van der Waals surface area contributed by atoms with Crippen LogP contribution in [0, 0.1) is 5.92 Å². The maximum absolute atomic E-state index is 11.1. The normalized spacial score (nSPS) is 30.4. The minimum atomic E-state index is -3.32. The molecule has 1 aliphatic carbocycles. The second-order valence-electron chi connectivity index (χ2n) is 3.34. The van der Waals surface area contributed by atoms with E-state index in [-0.39, 0.29) is 11.2 Å². The second-order valence-corrected chi connectivity index (χ2v) is 5.13. The predicted octanol–water partition coefficient (Wildman–Crippen LogP) is 1.02. The maximum atomic E-state index is 11.1. The highest BCUT2D eigenvalue weighted by atomic mass is 32.2. The molecule has 1 rings (SSSR count). The molecule has 1 fully saturated rings. The lowest BCUT2D eigenvalue weighted by Gasteiger charge is -2.14. The average Bonchev–Trinajstić information content (AvgIpc) is 2.34. The van der Waals surface area contributed by atoms with Gasteiger partial charge in [0.25, 0.3) is 0 Å². The van der Waals surface area contributed by atoms with E-state index in [0.717, 1.165) is 25.7 Å². The molecule has 1 saturated carbocycles. The lowest BCUT2D eigenvalue weighted by Crippen LogP contribution is -2.31. The quantitative estimate of drug-likeness (QED) is 0.674. The van der Waals surface area contributed by atoms with Crippen molar-refractivity contribution in [3.8, 4) is 0 Å². The highest BCUT2D eigenvalue weighted by Crippen LogP contribution is 2.32. The molecule has 2 atom stereocenters. The Bertz CT molecular complexity index is 258. The Morgan fingerprint density at radius 3 is 2.67 bits per heavy atom. The number of nitrogens with two attached hydrogens (primary N) is 1. The van der Waals surface area contributed by atoms with Crippen LogP contribution < -0.4 is 5.14 Å². The molecular formula is C8H15NO2S. The van der Waals surface area contributed by atoms with E-state index in [1.165, 1.54) is 0 Å². The van der Waals surface area contributed by atoms with Crippen LogP contribution in [0.25, 0.3) is 0 Å². The number of hydrogen-bond donors (Lipinski definition) is 1. The topological polar surface area (TPSA) is 60.2 Å². The molecule has 0 aromatic heterocycles. The molecule has 0 bridgehead atoms. The molecule has 0 radical (unpaired) electrons. The van der Waals surface area contributed by atoms with Gasteiger partial charge < -0.3 is 0 Å². The molecule has 0 amide bonds. The van der Waals surface area contributed by atoms with Crippen molar-refractivity contribution in [2.24, 2.45) is 11.1 Å². The fraction of sp³-hybridized carbons (Fsp3) is 0.750. The van der Waals surface area contributed by atoms with Crippen LogP contribution in [-0.2, 0) is 10.0 Å². The third kappa shape index (κ3) is 2.08. The predicted molar refractivity (Wildman–Crippen MR) is 49.1 cm³/mol. The highest BCUT2D eigenvalue weighted by molar-refractivity contribution is 7.89. The minimum Gasteiger partial charge on any atom is -0.228 e. The molecule has 0 aromatic carbocycles. The van der Waals surface area contributed by atoms with Gasteiger partial charge >= 0.3 is 0 Å². The summed E-state index contributed by atoms with van der Waals surface area (Å²) in [5.74, 6) is 0.206. The number of hydrogen-bond acceptors (Lipinski definition) is 2. The first-order valence-electron chi connectivity index (χ1n) is 4.18. The van der Waals surface area contributed by atoms with E-state index in [9.17, 15) is 8.42 Å². The lowest BCUT2D eigenvalue weighted by molar-refractivity contribution is 0.522. The molecule has 0 heterocycles. The summed E-state index contributed by atoms with van der Waals surface area (Å²) in [6, 6.07) is 0. The third-order valence-electron chi connectivity index (χ3n) is 2.48. The monoisotopic (exact) mass is 189 g/mol. The molecule has 3 nitrogen and oxygen atoms in total. The maximum Gasteiger partial charge on any atom is 0.212 e. The zero-order valence-electron chi connectivity index (χ0n) is 7.07. The fourth-order valence-corrected chi connectivity index (χ4v) is 3.20. The fourth-order valence-electron chi connectivity index (χ4n) is 1.92. The van der Waals surface area contributed by atoms with Gasteiger partial charge in [-0.3, -0.25) is 0 Å². The molecule has 0 spiro atoms. The zero-order valence-corrected chi connectivity index (χ0v) is 7.89. The smallest absolute Gasteiger partial charge is 0.212 e. The van der Waals surface area contributed by atoms with Gasteiger partial charge in [0, 0.05) is 0 Å². The van der Waals surface area contributed by atoms with E-state index in [2.05, 4.69) is 6.58 Å². The van der Waals surface area contributed by atoms with Crippen LogP contribution in [0.1, 0.15) is 25.7 Å². The van der Waals surface area contributed by atoms with E-state index in [1.54, 1.807) is 6.08 Å². The van der Waals surface area contributed by atoms with E-state index in [1.807, 2.05) is 0 Å². The molecule has 0 saturated heterocycles. The van der Waals surface area contributed by atoms with Gasteiger partial charge in [0.05, 0.1) is 5.25 Å². The summed E-state index contributed by atoms with van der Waals surface area (Å²) in [5, 5.41) is 4.78. The summed E-state index contributed by atoms with van der Waals surface area (Å²) in [4.78, 5) is 0. The zero-order chi connectivity index (χ0) is 9.19. The Hall–Kier alpha value is -0.350. The van der Waals surface area contributed by atoms with Gasteiger partial charge in [0.15, 0.2) is 0 Å². The van der Waals surface area contributed by atoms with Crippen LogP contribution in [0.5, 0.6) is 0 Å². The van der Waals surface area contributed by atoms with Crippen molar-refractivity contribution in [2.45, 2.75) is 30.9 Å². The number of primary sulfonamides is 1. The molecule has 4 heteroatoms. The summed E-state index contributed by atoms with van der Waals surface area (Å²) in [6.45, 7) is 3.61. The standard InChI is InChI=1S/C8H15NO2S/c1-2-4-7-5-3-6-8(7)12(9,10)11/h2,7-8H,1,3-6H2,(H2,9,10,11)/t7-,8-/m0/s1. The Balaban J connectivity index is 2.70. The van der Waals surface area contributed by atoms with Crippen LogP contribution in [-0.4, -0.2) is 13.7 Å². The van der Waals surface area contributed by atoms with Crippen molar-refractivity contribution in [1.82, 2.24) is 0 Å². The van der Waals surface area contributed by atoms with Crippen LogP contribution >= 0.6 is 0 Å². The second kappa shape index (κ2) is 3.58. The Labute approximate surface area is 73.7 Å². The summed E-state index contributed by atoms with van der Waals surface area (Å²) in [6.07, 6.45) is 5.19. The number of allylic oxidation sites excluding steroid dienone is 1. The summed E-state index contributed by atoms with van der Waals surface area (Å²) in [5.41, 5.74) is 0. The first-order valence-corrected chi connectivity index (χ1v) is 5.79. The first kappa shape index (κ1) is 9.74. The SMILES string of the molecule is C=CC[C@H]1CCC[C@@H]1S(N)(=O)=O. The van der Waals surface area contributed by atoms with Gasteiger partial charge in [-0.2, -0.15) is 0 Å². The van der Waals surface area contributed by atoms with E-state index in [4.69, 9.17) is 5.14 Å². The van der Waals surface area contributed by atoms with Gasteiger partial charge in [-0.15, -0.1) is 6.58 Å².